The van der Waals surface area contributed by atoms with Crippen LogP contribution >= 0.6 is 0 Å². The fourth-order valence-corrected chi connectivity index (χ4v) is 2.15. The van der Waals surface area contributed by atoms with Crippen LogP contribution in [0.15, 0.2) is 18.2 Å². The number of carbonyl (C=O) groups excluding carboxylic acids is 1. The van der Waals surface area contributed by atoms with E-state index in [9.17, 15) is 4.79 Å². The van der Waals surface area contributed by atoms with Gasteiger partial charge in [0.25, 0.3) is 0 Å². The lowest BCUT2D eigenvalue weighted by molar-refractivity contribution is 0.222. The van der Waals surface area contributed by atoms with Crippen molar-refractivity contribution in [1.82, 2.24) is 4.90 Å². The smallest absolute Gasteiger partial charge is 0.321 e. The molecule has 1 N–H and O–H groups in total. The van der Waals surface area contributed by atoms with E-state index in [4.69, 9.17) is 9.47 Å². The predicted molar refractivity (Wildman–Crippen MR) is 74.0 cm³/mol. The van der Waals surface area contributed by atoms with Gasteiger partial charge in [0.15, 0.2) is 11.5 Å². The molecule has 2 amide bonds. The van der Waals surface area contributed by atoms with Crippen LogP contribution in [0.25, 0.3) is 0 Å². The number of methoxy groups -OCH3 is 1. The van der Waals surface area contributed by atoms with Gasteiger partial charge in [0.05, 0.1) is 13.7 Å². The highest BCUT2D eigenvalue weighted by molar-refractivity contribution is 5.89. The van der Waals surface area contributed by atoms with E-state index >= 15 is 0 Å². The molecule has 1 fully saturated rings. The number of anilines is 1. The maximum atomic E-state index is 12.0. The highest BCUT2D eigenvalue weighted by Gasteiger charge is 2.18. The van der Waals surface area contributed by atoms with Crippen molar-refractivity contribution in [3.05, 3.63) is 18.2 Å². The van der Waals surface area contributed by atoms with Gasteiger partial charge >= 0.3 is 6.03 Å². The Morgan fingerprint density at radius 3 is 2.68 bits per heavy atom. The lowest BCUT2D eigenvalue weighted by Crippen LogP contribution is -2.32. The highest BCUT2D eigenvalue weighted by Crippen LogP contribution is 2.30. The van der Waals surface area contributed by atoms with E-state index in [-0.39, 0.29) is 6.03 Å². The molecule has 1 heterocycles. The third kappa shape index (κ3) is 3.30. The minimum Gasteiger partial charge on any atom is -0.493 e. The number of benzene rings is 1. The summed E-state index contributed by atoms with van der Waals surface area (Å²) < 4.78 is 10.7. The molecule has 1 saturated heterocycles. The van der Waals surface area contributed by atoms with Crippen molar-refractivity contribution in [3.8, 4) is 11.5 Å². The zero-order chi connectivity index (χ0) is 13.7. The monoisotopic (exact) mass is 264 g/mol. The Kier molecular flexibility index (Phi) is 4.49. The molecule has 2 rings (SSSR count). The maximum absolute atomic E-state index is 12.0. The number of nitrogens with one attached hydrogen (secondary N) is 1. The molecule has 0 saturated carbocycles. The standard InChI is InChI=1S/C14H20N2O3/c1-3-19-13-10-11(6-7-12(13)18-2)15-14(17)16-8-4-5-9-16/h6-7,10H,3-5,8-9H2,1-2H3,(H,15,17). The van der Waals surface area contributed by atoms with Crippen molar-refractivity contribution in [2.75, 3.05) is 32.1 Å². The Hall–Kier alpha value is -1.91. The predicted octanol–water partition coefficient (Wildman–Crippen LogP) is 2.72. The SMILES string of the molecule is CCOc1cc(NC(=O)N2CCCC2)ccc1OC. The Labute approximate surface area is 113 Å². The molecular formula is C14H20N2O3. The molecule has 0 spiro atoms. The zero-order valence-electron chi connectivity index (χ0n) is 11.4. The first-order valence-electron chi connectivity index (χ1n) is 6.61. The summed E-state index contributed by atoms with van der Waals surface area (Å²) in [5, 5.41) is 2.89. The Balaban J connectivity index is 2.07. The largest absolute Gasteiger partial charge is 0.493 e. The second kappa shape index (κ2) is 6.31. The molecule has 0 radical (unpaired) electrons. The van der Waals surface area contributed by atoms with Crippen molar-refractivity contribution in [2.24, 2.45) is 0 Å². The van der Waals surface area contributed by atoms with E-state index in [2.05, 4.69) is 5.32 Å². The molecule has 1 aliphatic rings. The number of urea groups is 1. The fourth-order valence-electron chi connectivity index (χ4n) is 2.15. The quantitative estimate of drug-likeness (QED) is 0.909. The van der Waals surface area contributed by atoms with E-state index in [0.717, 1.165) is 31.6 Å². The summed E-state index contributed by atoms with van der Waals surface area (Å²) in [5.74, 6) is 1.31. The Morgan fingerprint density at radius 1 is 1.32 bits per heavy atom. The molecule has 0 aliphatic carbocycles. The third-order valence-corrected chi connectivity index (χ3v) is 3.11. The minimum atomic E-state index is -0.0508. The van der Waals surface area contributed by atoms with Crippen LogP contribution in [0.1, 0.15) is 19.8 Å². The van der Waals surface area contributed by atoms with Crippen LogP contribution in [-0.4, -0.2) is 37.7 Å². The van der Waals surface area contributed by atoms with E-state index in [0.29, 0.717) is 18.1 Å². The normalized spacial score (nSPS) is 14.3. The molecule has 19 heavy (non-hydrogen) atoms. The van der Waals surface area contributed by atoms with Crippen LogP contribution < -0.4 is 14.8 Å². The van der Waals surface area contributed by atoms with Crippen LogP contribution in [0.5, 0.6) is 11.5 Å². The number of hydrogen-bond donors (Lipinski definition) is 1. The summed E-state index contributed by atoms with van der Waals surface area (Å²) in [5.41, 5.74) is 0.723. The number of likely N-dealkylation sites (tertiary alicyclic amines) is 1. The minimum absolute atomic E-state index is 0.0508. The summed E-state index contributed by atoms with van der Waals surface area (Å²) >= 11 is 0. The van der Waals surface area contributed by atoms with Gasteiger partial charge in [-0.05, 0) is 31.9 Å². The maximum Gasteiger partial charge on any atom is 0.321 e. The lowest BCUT2D eigenvalue weighted by atomic mass is 10.2. The van der Waals surface area contributed by atoms with Gasteiger partial charge in [-0.3, -0.25) is 0 Å². The molecular weight excluding hydrogens is 244 g/mol. The molecule has 0 atom stereocenters. The summed E-state index contributed by atoms with van der Waals surface area (Å²) in [6.07, 6.45) is 2.17. The van der Waals surface area contributed by atoms with Crippen LogP contribution in [0.2, 0.25) is 0 Å². The average molecular weight is 264 g/mol. The molecule has 1 aliphatic heterocycles. The summed E-state index contributed by atoms with van der Waals surface area (Å²) in [7, 11) is 1.60. The van der Waals surface area contributed by atoms with Crippen LogP contribution in [0.3, 0.4) is 0 Å². The molecule has 0 unspecified atom stereocenters. The summed E-state index contributed by atoms with van der Waals surface area (Å²) in [4.78, 5) is 13.8. The fraction of sp³-hybridized carbons (Fsp3) is 0.500. The van der Waals surface area contributed by atoms with Crippen molar-refractivity contribution in [2.45, 2.75) is 19.8 Å². The first-order valence-corrected chi connectivity index (χ1v) is 6.61. The molecule has 5 nitrogen and oxygen atoms in total. The Bertz CT molecular complexity index is 442. The molecule has 1 aromatic rings. The first kappa shape index (κ1) is 13.5. The van der Waals surface area contributed by atoms with Crippen LogP contribution in [-0.2, 0) is 0 Å². The second-order valence-corrected chi connectivity index (χ2v) is 4.42. The number of carbonyl (C=O) groups is 1. The number of rotatable bonds is 4. The average Bonchev–Trinajstić information content (AvgIpc) is 2.93. The van der Waals surface area contributed by atoms with Gasteiger partial charge in [-0.15, -0.1) is 0 Å². The van der Waals surface area contributed by atoms with Gasteiger partial charge < -0.3 is 19.7 Å². The highest BCUT2D eigenvalue weighted by atomic mass is 16.5. The number of hydrogen-bond acceptors (Lipinski definition) is 3. The van der Waals surface area contributed by atoms with Crippen molar-refractivity contribution in [1.29, 1.82) is 0 Å². The van der Waals surface area contributed by atoms with Crippen molar-refractivity contribution in [3.63, 3.8) is 0 Å². The van der Waals surface area contributed by atoms with Crippen molar-refractivity contribution >= 4 is 11.7 Å². The Morgan fingerprint density at radius 2 is 2.05 bits per heavy atom. The number of amides is 2. The number of ether oxygens (including phenoxy) is 2. The van der Waals surface area contributed by atoms with Gasteiger partial charge in [0, 0.05) is 24.8 Å². The third-order valence-electron chi connectivity index (χ3n) is 3.11. The van der Waals surface area contributed by atoms with Crippen molar-refractivity contribution < 1.29 is 14.3 Å². The van der Waals surface area contributed by atoms with Crippen LogP contribution in [0.4, 0.5) is 10.5 Å². The number of nitrogens with zero attached hydrogens (tertiary/aromatic N) is 1. The van der Waals surface area contributed by atoms with E-state index in [1.165, 1.54) is 0 Å². The van der Waals surface area contributed by atoms with Gasteiger partial charge in [-0.25, -0.2) is 4.79 Å². The molecule has 104 valence electrons. The summed E-state index contributed by atoms with van der Waals surface area (Å²) in [6.45, 7) is 4.13. The van der Waals surface area contributed by atoms with Gasteiger partial charge in [0.1, 0.15) is 0 Å². The summed E-state index contributed by atoms with van der Waals surface area (Å²) in [6, 6.07) is 5.35. The molecule has 0 aromatic heterocycles. The van der Waals surface area contributed by atoms with Gasteiger partial charge in [-0.1, -0.05) is 0 Å². The van der Waals surface area contributed by atoms with Gasteiger partial charge in [0.2, 0.25) is 0 Å². The molecule has 0 bridgehead atoms. The topological polar surface area (TPSA) is 50.8 Å². The van der Waals surface area contributed by atoms with Crippen LogP contribution in [0, 0.1) is 0 Å². The van der Waals surface area contributed by atoms with Gasteiger partial charge in [-0.2, -0.15) is 0 Å². The molecule has 1 aromatic carbocycles. The zero-order valence-corrected chi connectivity index (χ0v) is 11.4. The first-order chi connectivity index (χ1) is 9.24. The van der Waals surface area contributed by atoms with E-state index < -0.39 is 0 Å². The molecule has 5 heteroatoms. The van der Waals surface area contributed by atoms with E-state index in [1.54, 1.807) is 19.2 Å². The lowest BCUT2D eigenvalue weighted by Gasteiger charge is -2.17. The van der Waals surface area contributed by atoms with E-state index in [1.807, 2.05) is 17.9 Å². The second-order valence-electron chi connectivity index (χ2n) is 4.42.